The van der Waals surface area contributed by atoms with E-state index in [0.29, 0.717) is 19.5 Å². The molecule has 122 valence electrons. The van der Waals surface area contributed by atoms with Crippen LogP contribution < -0.4 is 16.4 Å². The van der Waals surface area contributed by atoms with Crippen molar-refractivity contribution in [3.05, 3.63) is 35.9 Å². The van der Waals surface area contributed by atoms with Gasteiger partial charge in [-0.05, 0) is 31.9 Å². The maximum Gasteiger partial charge on any atom is 0.242 e. The number of hydrogen-bond donors (Lipinski definition) is 3. The molecule has 2 amide bonds. The molecule has 0 saturated carbocycles. The smallest absolute Gasteiger partial charge is 0.242 e. The van der Waals surface area contributed by atoms with Crippen LogP contribution in [0.2, 0.25) is 0 Å². The second kappa shape index (κ2) is 10.8. The van der Waals surface area contributed by atoms with Gasteiger partial charge in [-0.1, -0.05) is 43.2 Å². The van der Waals surface area contributed by atoms with Crippen molar-refractivity contribution in [2.75, 3.05) is 6.54 Å². The van der Waals surface area contributed by atoms with Crippen molar-refractivity contribution in [2.45, 2.75) is 51.6 Å². The Hall–Kier alpha value is -1.88. The van der Waals surface area contributed by atoms with Gasteiger partial charge < -0.3 is 16.4 Å². The van der Waals surface area contributed by atoms with Crippen LogP contribution in [0.5, 0.6) is 0 Å². The molecule has 0 aromatic heterocycles. The molecule has 1 atom stereocenters. The first-order chi connectivity index (χ1) is 10.6. The van der Waals surface area contributed by atoms with Gasteiger partial charge in [-0.3, -0.25) is 9.59 Å². The lowest BCUT2D eigenvalue weighted by Gasteiger charge is -2.14. The third kappa shape index (κ3) is 7.78. The van der Waals surface area contributed by atoms with E-state index in [1.165, 1.54) is 0 Å². The summed E-state index contributed by atoms with van der Waals surface area (Å²) in [5.41, 5.74) is 6.45. The van der Waals surface area contributed by atoms with Crippen LogP contribution in [-0.4, -0.2) is 24.4 Å². The maximum absolute atomic E-state index is 11.9. The van der Waals surface area contributed by atoms with Crippen molar-refractivity contribution in [1.29, 1.82) is 0 Å². The van der Waals surface area contributed by atoms with E-state index in [1.807, 2.05) is 30.3 Å². The van der Waals surface area contributed by atoms with E-state index in [0.717, 1.165) is 31.2 Å². The van der Waals surface area contributed by atoms with E-state index >= 15 is 0 Å². The fourth-order valence-electron chi connectivity index (χ4n) is 2.10. The molecule has 1 rings (SSSR count). The number of carbonyl (C=O) groups is 2. The molecule has 0 fully saturated rings. The molecular formula is C17H27N3O2. The highest BCUT2D eigenvalue weighted by atomic mass is 16.2. The highest BCUT2D eigenvalue weighted by Gasteiger charge is 2.14. The lowest BCUT2D eigenvalue weighted by Crippen LogP contribution is -2.44. The van der Waals surface area contributed by atoms with Crippen LogP contribution in [0.15, 0.2) is 30.3 Å². The molecule has 1 aromatic carbocycles. The average Bonchev–Trinajstić information content (AvgIpc) is 2.53. The molecule has 1 aromatic rings. The van der Waals surface area contributed by atoms with Crippen molar-refractivity contribution < 1.29 is 9.59 Å². The summed E-state index contributed by atoms with van der Waals surface area (Å²) in [4.78, 5) is 23.7. The fourth-order valence-corrected chi connectivity index (χ4v) is 2.10. The van der Waals surface area contributed by atoms with Crippen LogP contribution in [0, 0.1) is 0 Å². The van der Waals surface area contributed by atoms with Gasteiger partial charge in [0.25, 0.3) is 0 Å². The van der Waals surface area contributed by atoms with E-state index in [9.17, 15) is 9.59 Å². The molecule has 0 aliphatic rings. The summed E-state index contributed by atoms with van der Waals surface area (Å²) >= 11 is 0. The second-order valence-electron chi connectivity index (χ2n) is 5.45. The first-order valence-corrected chi connectivity index (χ1v) is 7.94. The normalized spacial score (nSPS) is 11.7. The number of nitrogens with one attached hydrogen (secondary N) is 2. The monoisotopic (exact) mass is 305 g/mol. The predicted molar refractivity (Wildman–Crippen MR) is 88.0 cm³/mol. The highest BCUT2D eigenvalue weighted by molar-refractivity contribution is 5.87. The summed E-state index contributed by atoms with van der Waals surface area (Å²) in [6.45, 7) is 2.87. The molecule has 5 nitrogen and oxygen atoms in total. The highest BCUT2D eigenvalue weighted by Crippen LogP contribution is 2.02. The Morgan fingerprint density at radius 2 is 1.77 bits per heavy atom. The Morgan fingerprint density at radius 3 is 2.45 bits per heavy atom. The molecule has 5 heteroatoms. The minimum atomic E-state index is -0.514. The van der Waals surface area contributed by atoms with Crippen LogP contribution in [0.25, 0.3) is 0 Å². The zero-order valence-corrected chi connectivity index (χ0v) is 13.3. The number of nitrogens with two attached hydrogens (primary N) is 1. The van der Waals surface area contributed by atoms with Gasteiger partial charge in [-0.25, -0.2) is 0 Å². The zero-order chi connectivity index (χ0) is 16.2. The summed E-state index contributed by atoms with van der Waals surface area (Å²) in [6.07, 6.45) is 4.35. The van der Waals surface area contributed by atoms with Gasteiger partial charge >= 0.3 is 0 Å². The fraction of sp³-hybridized carbons (Fsp3) is 0.529. The molecule has 0 aliphatic carbocycles. The number of benzene rings is 1. The largest absolute Gasteiger partial charge is 0.350 e. The van der Waals surface area contributed by atoms with Crippen LogP contribution in [0.3, 0.4) is 0 Å². The van der Waals surface area contributed by atoms with Gasteiger partial charge in [0.15, 0.2) is 0 Å². The summed E-state index contributed by atoms with van der Waals surface area (Å²) < 4.78 is 0. The topological polar surface area (TPSA) is 84.2 Å². The van der Waals surface area contributed by atoms with E-state index in [4.69, 9.17) is 5.73 Å². The van der Waals surface area contributed by atoms with Crippen molar-refractivity contribution in [1.82, 2.24) is 10.6 Å². The molecular weight excluding hydrogens is 278 g/mol. The van der Waals surface area contributed by atoms with Gasteiger partial charge in [-0.2, -0.15) is 0 Å². The molecule has 22 heavy (non-hydrogen) atoms. The van der Waals surface area contributed by atoms with Crippen LogP contribution in [-0.2, 0) is 16.1 Å². The van der Waals surface area contributed by atoms with E-state index in [1.54, 1.807) is 6.92 Å². The summed E-state index contributed by atoms with van der Waals surface area (Å²) in [7, 11) is 0. The van der Waals surface area contributed by atoms with Crippen molar-refractivity contribution >= 4 is 11.8 Å². The third-order valence-electron chi connectivity index (χ3n) is 3.44. The Labute approximate surface area is 132 Å². The second-order valence-corrected chi connectivity index (χ2v) is 5.45. The molecule has 0 saturated heterocycles. The van der Waals surface area contributed by atoms with E-state index < -0.39 is 6.04 Å². The minimum Gasteiger partial charge on any atom is -0.350 e. The van der Waals surface area contributed by atoms with Crippen LogP contribution >= 0.6 is 0 Å². The molecule has 0 bridgehead atoms. The Kier molecular flexibility index (Phi) is 8.91. The number of unbranched alkanes of at least 4 members (excludes halogenated alkanes) is 3. The van der Waals surface area contributed by atoms with Crippen LogP contribution in [0.4, 0.5) is 0 Å². The third-order valence-corrected chi connectivity index (χ3v) is 3.44. The summed E-state index contributed by atoms with van der Waals surface area (Å²) in [5, 5.41) is 5.55. The van der Waals surface area contributed by atoms with Gasteiger partial charge in [-0.15, -0.1) is 0 Å². The van der Waals surface area contributed by atoms with Gasteiger partial charge in [0.2, 0.25) is 11.8 Å². The van der Waals surface area contributed by atoms with E-state index in [2.05, 4.69) is 10.6 Å². The Bertz CT molecular complexity index is 448. The van der Waals surface area contributed by atoms with Crippen molar-refractivity contribution in [2.24, 2.45) is 5.73 Å². The molecule has 0 heterocycles. The number of hydrogen-bond acceptors (Lipinski definition) is 3. The van der Waals surface area contributed by atoms with Gasteiger partial charge in [0.05, 0.1) is 0 Å². The van der Waals surface area contributed by atoms with Gasteiger partial charge in [0.1, 0.15) is 6.04 Å². The molecule has 1 unspecified atom stereocenters. The average molecular weight is 305 g/mol. The Morgan fingerprint density at radius 1 is 1.09 bits per heavy atom. The zero-order valence-electron chi connectivity index (χ0n) is 13.3. The maximum atomic E-state index is 11.9. The first-order valence-electron chi connectivity index (χ1n) is 7.94. The number of amides is 2. The molecule has 4 N–H and O–H groups in total. The molecule has 0 radical (unpaired) electrons. The lowest BCUT2D eigenvalue weighted by atomic mass is 10.1. The predicted octanol–water partition coefficient (Wildman–Crippen LogP) is 1.72. The molecule has 0 aliphatic heterocycles. The molecule has 0 spiro atoms. The van der Waals surface area contributed by atoms with E-state index in [-0.39, 0.29) is 11.8 Å². The van der Waals surface area contributed by atoms with Gasteiger partial charge in [0, 0.05) is 13.0 Å². The standard InChI is InChI=1S/C17H27N3O2/c1-14(20-16(21)11-7-2-3-8-12-18)17(22)19-13-15-9-5-4-6-10-15/h4-6,9-10,14H,2-3,7-8,11-13,18H2,1H3,(H,19,22)(H,20,21). The van der Waals surface area contributed by atoms with Crippen LogP contribution in [0.1, 0.15) is 44.6 Å². The minimum absolute atomic E-state index is 0.0740. The number of carbonyl (C=O) groups excluding carboxylic acids is 2. The summed E-state index contributed by atoms with van der Waals surface area (Å²) in [5.74, 6) is -0.240. The van der Waals surface area contributed by atoms with Crippen molar-refractivity contribution in [3.63, 3.8) is 0 Å². The number of rotatable bonds is 10. The van der Waals surface area contributed by atoms with Crippen molar-refractivity contribution in [3.8, 4) is 0 Å². The lowest BCUT2D eigenvalue weighted by molar-refractivity contribution is -0.128. The SMILES string of the molecule is CC(NC(=O)CCCCCCN)C(=O)NCc1ccccc1. The first kappa shape index (κ1) is 18.2. The Balaban J connectivity index is 2.18. The quantitative estimate of drug-likeness (QED) is 0.575. The summed E-state index contributed by atoms with van der Waals surface area (Å²) in [6, 6.07) is 9.17.